The Balaban J connectivity index is 1.35. The van der Waals surface area contributed by atoms with Crippen molar-refractivity contribution in [2.75, 3.05) is 6.61 Å². The first-order valence-electron chi connectivity index (χ1n) is 14.8. The highest BCUT2D eigenvalue weighted by molar-refractivity contribution is 5.80. The van der Waals surface area contributed by atoms with Crippen LogP contribution in [-0.4, -0.2) is 61.2 Å². The van der Waals surface area contributed by atoms with Crippen LogP contribution in [0.15, 0.2) is 91.0 Å². The third-order valence-corrected chi connectivity index (χ3v) is 7.54. The maximum Gasteiger partial charge on any atom is 0.249 e. The van der Waals surface area contributed by atoms with E-state index in [4.69, 9.17) is 23.7 Å². The number of fused-ring (bicyclic) bond motifs is 1. The molecule has 0 aliphatic carbocycles. The second-order valence-corrected chi connectivity index (χ2v) is 11.1. The fraction of sp³-hybridized carbons (Fsp3) is 0.412. The summed E-state index contributed by atoms with van der Waals surface area (Å²) in [6, 6.07) is 28.4. The number of hydrogen-bond acceptors (Lipinski definition) is 7. The Morgan fingerprint density at radius 1 is 0.884 bits per heavy atom. The van der Waals surface area contributed by atoms with E-state index < -0.39 is 43.0 Å². The molecule has 5 rings (SSSR count). The minimum absolute atomic E-state index is 0.113. The number of carbonyl (C=O) groups is 2. The molecule has 0 bridgehead atoms. The molecule has 9 nitrogen and oxygen atoms in total. The molecule has 228 valence electrons. The SMILES string of the molecule is CC(=O)NC1C(OCc2ccccc2)OC2COC(c3ccccc3)OC2C1OC(C)C(=O)NC(C)Cc1ccccc1. The Hall–Kier alpha value is -3.60. The van der Waals surface area contributed by atoms with Gasteiger partial charge in [0.25, 0.3) is 0 Å². The molecule has 9 heteroatoms. The number of nitrogens with one attached hydrogen (secondary N) is 2. The quantitative estimate of drug-likeness (QED) is 0.348. The monoisotopic (exact) mass is 588 g/mol. The smallest absolute Gasteiger partial charge is 0.249 e. The second-order valence-electron chi connectivity index (χ2n) is 11.1. The van der Waals surface area contributed by atoms with Crippen molar-refractivity contribution >= 4 is 11.8 Å². The highest BCUT2D eigenvalue weighted by Gasteiger charge is 2.52. The average molecular weight is 589 g/mol. The molecule has 2 saturated heterocycles. The summed E-state index contributed by atoms with van der Waals surface area (Å²) in [5.74, 6) is -0.546. The summed E-state index contributed by atoms with van der Waals surface area (Å²) in [5, 5.41) is 6.02. The molecule has 2 aliphatic rings. The molecular weight excluding hydrogens is 548 g/mol. The van der Waals surface area contributed by atoms with Gasteiger partial charge in [0.15, 0.2) is 12.6 Å². The zero-order valence-corrected chi connectivity index (χ0v) is 24.8. The van der Waals surface area contributed by atoms with Gasteiger partial charge in [-0.1, -0.05) is 91.0 Å². The Bertz CT molecular complexity index is 1310. The second kappa shape index (κ2) is 14.7. The lowest BCUT2D eigenvalue weighted by atomic mass is 9.95. The van der Waals surface area contributed by atoms with Crippen molar-refractivity contribution in [2.45, 2.75) is 82.9 Å². The molecule has 2 N–H and O–H groups in total. The van der Waals surface area contributed by atoms with Crippen molar-refractivity contribution in [3.05, 3.63) is 108 Å². The predicted octanol–water partition coefficient (Wildman–Crippen LogP) is 4.07. The van der Waals surface area contributed by atoms with E-state index in [-0.39, 0.29) is 31.1 Å². The van der Waals surface area contributed by atoms with Crippen LogP contribution < -0.4 is 10.6 Å². The van der Waals surface area contributed by atoms with Crippen LogP contribution in [-0.2, 0) is 46.3 Å². The fourth-order valence-corrected chi connectivity index (χ4v) is 5.47. The van der Waals surface area contributed by atoms with Crippen molar-refractivity contribution in [3.63, 3.8) is 0 Å². The summed E-state index contributed by atoms with van der Waals surface area (Å²) in [6.45, 7) is 5.57. The third kappa shape index (κ3) is 8.28. The number of carbonyl (C=O) groups excluding carboxylic acids is 2. The van der Waals surface area contributed by atoms with E-state index in [2.05, 4.69) is 10.6 Å². The Morgan fingerprint density at radius 2 is 1.51 bits per heavy atom. The first-order valence-corrected chi connectivity index (χ1v) is 14.8. The highest BCUT2D eigenvalue weighted by Crippen LogP contribution is 2.36. The molecule has 2 fully saturated rings. The van der Waals surface area contributed by atoms with Crippen molar-refractivity contribution in [2.24, 2.45) is 0 Å². The van der Waals surface area contributed by atoms with Crippen LogP contribution >= 0.6 is 0 Å². The number of amides is 2. The minimum Gasteiger partial charge on any atom is -0.360 e. The lowest BCUT2D eigenvalue weighted by Gasteiger charge is -2.49. The van der Waals surface area contributed by atoms with Crippen molar-refractivity contribution in [3.8, 4) is 0 Å². The van der Waals surface area contributed by atoms with Gasteiger partial charge in [-0.25, -0.2) is 0 Å². The van der Waals surface area contributed by atoms with Gasteiger partial charge in [0, 0.05) is 18.5 Å². The molecule has 0 aromatic heterocycles. The zero-order valence-electron chi connectivity index (χ0n) is 24.8. The van der Waals surface area contributed by atoms with Gasteiger partial charge in [-0.15, -0.1) is 0 Å². The predicted molar refractivity (Wildman–Crippen MR) is 160 cm³/mol. The highest BCUT2D eigenvalue weighted by atomic mass is 16.8. The standard InChI is InChI=1S/C34H40N2O7/c1-22(19-25-13-7-4-8-14-25)35-32(38)23(2)41-31-29(36-24(3)37)34(39-20-26-15-9-5-10-16-26)42-28-21-40-33(43-30(28)31)27-17-11-6-12-18-27/h4-18,22-23,28-31,33-34H,19-21H2,1-3H3,(H,35,38)(H,36,37). The van der Waals surface area contributed by atoms with Crippen molar-refractivity contribution in [1.29, 1.82) is 0 Å². The molecule has 0 saturated carbocycles. The van der Waals surface area contributed by atoms with Crippen molar-refractivity contribution < 1.29 is 33.3 Å². The average Bonchev–Trinajstić information content (AvgIpc) is 3.02. The summed E-state index contributed by atoms with van der Waals surface area (Å²) < 4.78 is 31.5. The van der Waals surface area contributed by atoms with Crippen LogP contribution in [0.25, 0.3) is 0 Å². The minimum atomic E-state index is -0.872. The number of hydrogen-bond donors (Lipinski definition) is 2. The van der Waals surface area contributed by atoms with Gasteiger partial charge in [-0.05, 0) is 31.4 Å². The van der Waals surface area contributed by atoms with Crippen LogP contribution in [0.1, 0.15) is 43.8 Å². The van der Waals surface area contributed by atoms with Crippen molar-refractivity contribution in [1.82, 2.24) is 10.6 Å². The molecule has 8 atom stereocenters. The first kappa shape index (κ1) is 30.8. The van der Waals surface area contributed by atoms with E-state index in [1.807, 2.05) is 97.9 Å². The van der Waals surface area contributed by atoms with E-state index in [9.17, 15) is 9.59 Å². The van der Waals surface area contributed by atoms with Gasteiger partial charge in [0.2, 0.25) is 11.8 Å². The van der Waals surface area contributed by atoms with Gasteiger partial charge in [0.1, 0.15) is 30.5 Å². The molecule has 0 radical (unpaired) electrons. The normalized spacial score (nSPS) is 26.5. The summed E-state index contributed by atoms with van der Waals surface area (Å²) in [6.07, 6.45) is -3.68. The van der Waals surface area contributed by atoms with Gasteiger partial charge in [-0.3, -0.25) is 9.59 Å². The largest absolute Gasteiger partial charge is 0.360 e. The van der Waals surface area contributed by atoms with E-state index in [1.54, 1.807) is 6.92 Å². The van der Waals surface area contributed by atoms with E-state index in [0.29, 0.717) is 6.42 Å². The molecule has 3 aromatic carbocycles. The number of rotatable bonds is 11. The molecule has 8 unspecified atom stereocenters. The molecular formula is C34H40N2O7. The summed E-state index contributed by atoms with van der Waals surface area (Å²) in [7, 11) is 0. The first-order chi connectivity index (χ1) is 20.9. The van der Waals surface area contributed by atoms with E-state index in [1.165, 1.54) is 6.92 Å². The Labute approximate surface area is 252 Å². The molecule has 3 aromatic rings. The van der Waals surface area contributed by atoms with Crippen LogP contribution in [0.4, 0.5) is 0 Å². The maximum absolute atomic E-state index is 13.3. The zero-order chi connectivity index (χ0) is 30.2. The Morgan fingerprint density at radius 3 is 2.16 bits per heavy atom. The summed E-state index contributed by atoms with van der Waals surface area (Å²) in [4.78, 5) is 25.8. The molecule has 0 spiro atoms. The van der Waals surface area contributed by atoms with Gasteiger partial charge < -0.3 is 34.3 Å². The topological polar surface area (TPSA) is 104 Å². The number of ether oxygens (including phenoxy) is 5. The van der Waals surface area contributed by atoms with Crippen LogP contribution in [0.5, 0.6) is 0 Å². The summed E-state index contributed by atoms with van der Waals surface area (Å²) >= 11 is 0. The van der Waals surface area contributed by atoms with E-state index in [0.717, 1.165) is 16.7 Å². The van der Waals surface area contributed by atoms with Gasteiger partial charge in [-0.2, -0.15) is 0 Å². The van der Waals surface area contributed by atoms with Crippen LogP contribution in [0.3, 0.4) is 0 Å². The lowest BCUT2D eigenvalue weighted by molar-refractivity contribution is -0.351. The van der Waals surface area contributed by atoms with Crippen LogP contribution in [0.2, 0.25) is 0 Å². The molecule has 43 heavy (non-hydrogen) atoms. The van der Waals surface area contributed by atoms with Gasteiger partial charge >= 0.3 is 0 Å². The number of benzene rings is 3. The fourth-order valence-electron chi connectivity index (χ4n) is 5.47. The Kier molecular flexibility index (Phi) is 10.6. The van der Waals surface area contributed by atoms with Crippen LogP contribution in [0, 0.1) is 0 Å². The third-order valence-electron chi connectivity index (χ3n) is 7.54. The molecule has 2 heterocycles. The van der Waals surface area contributed by atoms with E-state index >= 15 is 0 Å². The molecule has 2 amide bonds. The maximum atomic E-state index is 13.3. The molecule has 2 aliphatic heterocycles. The lowest BCUT2D eigenvalue weighted by Crippen LogP contribution is -2.68. The van der Waals surface area contributed by atoms with Gasteiger partial charge in [0.05, 0.1) is 13.2 Å². The summed E-state index contributed by atoms with van der Waals surface area (Å²) in [5.41, 5.74) is 2.93.